The highest BCUT2D eigenvalue weighted by Crippen LogP contribution is 2.15. The van der Waals surface area contributed by atoms with Gasteiger partial charge in [0.2, 0.25) is 0 Å². The predicted molar refractivity (Wildman–Crippen MR) is 41.6 cm³/mol. The fraction of sp³-hybridized carbons (Fsp3) is 0.222. The fourth-order valence-electron chi connectivity index (χ4n) is 0.751. The maximum absolute atomic E-state index is 11.6. The molecule has 0 saturated carbocycles. The first-order valence-electron chi connectivity index (χ1n) is 3.69. The van der Waals surface area contributed by atoms with Gasteiger partial charge in [0.05, 0.1) is 5.56 Å². The van der Waals surface area contributed by atoms with Crippen LogP contribution in [0.25, 0.3) is 0 Å². The average Bonchev–Trinajstić information content (AvgIpc) is 2.14. The van der Waals surface area contributed by atoms with Gasteiger partial charge in [-0.1, -0.05) is 12.1 Å². The number of alkyl halides is 3. The highest BCUT2D eigenvalue weighted by Gasteiger charge is 2.29. The van der Waals surface area contributed by atoms with E-state index in [-0.39, 0.29) is 5.56 Å². The van der Waals surface area contributed by atoms with E-state index in [4.69, 9.17) is 0 Å². The second-order valence-electron chi connectivity index (χ2n) is 2.48. The molecule has 1 aromatic carbocycles. The third kappa shape index (κ3) is 3.47. The molecule has 0 aromatic heterocycles. The number of carbonyl (C=O) groups excluding carboxylic acids is 1. The van der Waals surface area contributed by atoms with Gasteiger partial charge in [-0.25, -0.2) is 4.79 Å². The van der Waals surface area contributed by atoms with Crippen LogP contribution in [-0.4, -0.2) is 18.8 Å². The highest BCUT2D eigenvalue weighted by molar-refractivity contribution is 5.89. The molecule has 0 amide bonds. The van der Waals surface area contributed by atoms with Crippen molar-refractivity contribution in [2.75, 3.05) is 6.61 Å². The van der Waals surface area contributed by atoms with Crippen molar-refractivity contribution in [3.05, 3.63) is 35.9 Å². The molecule has 1 aromatic rings. The van der Waals surface area contributed by atoms with Gasteiger partial charge in [-0.15, -0.1) is 0 Å². The van der Waals surface area contributed by atoms with E-state index in [1.807, 2.05) is 0 Å². The van der Waals surface area contributed by atoms with Crippen molar-refractivity contribution in [2.24, 2.45) is 0 Å². The van der Waals surface area contributed by atoms with E-state index in [1.165, 1.54) is 24.3 Å². The molecular formula is C9H6F3O2. The van der Waals surface area contributed by atoms with E-state index in [0.29, 0.717) is 0 Å². The second kappa shape index (κ2) is 4.13. The van der Waals surface area contributed by atoms with E-state index in [1.54, 1.807) is 0 Å². The first-order valence-corrected chi connectivity index (χ1v) is 3.69. The normalized spacial score (nSPS) is 11.1. The summed E-state index contributed by atoms with van der Waals surface area (Å²) < 4.78 is 38.9. The van der Waals surface area contributed by atoms with Gasteiger partial charge in [-0.3, -0.25) is 0 Å². The van der Waals surface area contributed by atoms with Crippen molar-refractivity contribution in [1.29, 1.82) is 0 Å². The van der Waals surface area contributed by atoms with Crippen LogP contribution in [0.3, 0.4) is 0 Å². The maximum Gasteiger partial charge on any atom is 0.422 e. The number of esters is 1. The van der Waals surface area contributed by atoms with Crippen molar-refractivity contribution in [2.45, 2.75) is 6.18 Å². The lowest BCUT2D eigenvalue weighted by Gasteiger charge is -2.07. The largest absolute Gasteiger partial charge is 0.452 e. The Labute approximate surface area is 78.3 Å². The Morgan fingerprint density at radius 3 is 2.71 bits per heavy atom. The lowest BCUT2D eigenvalue weighted by atomic mass is 10.2. The third-order valence-electron chi connectivity index (χ3n) is 1.31. The molecular weight excluding hydrogens is 197 g/mol. The second-order valence-corrected chi connectivity index (χ2v) is 2.48. The molecule has 0 bridgehead atoms. The zero-order valence-electron chi connectivity index (χ0n) is 6.97. The Hall–Kier alpha value is -1.52. The van der Waals surface area contributed by atoms with Crippen LogP contribution < -0.4 is 0 Å². The maximum atomic E-state index is 11.6. The summed E-state index contributed by atoms with van der Waals surface area (Å²) in [7, 11) is 0. The molecule has 0 heterocycles. The molecule has 0 unspecified atom stereocenters. The van der Waals surface area contributed by atoms with Crippen molar-refractivity contribution >= 4 is 5.97 Å². The zero-order valence-corrected chi connectivity index (χ0v) is 6.97. The average molecular weight is 203 g/mol. The van der Waals surface area contributed by atoms with Crippen molar-refractivity contribution < 1.29 is 22.7 Å². The lowest BCUT2D eigenvalue weighted by molar-refractivity contribution is -0.161. The molecule has 5 heteroatoms. The quantitative estimate of drug-likeness (QED) is 0.689. The summed E-state index contributed by atoms with van der Waals surface area (Å²) in [5, 5.41) is 0. The van der Waals surface area contributed by atoms with Gasteiger partial charge in [-0.2, -0.15) is 13.2 Å². The van der Waals surface area contributed by atoms with E-state index in [9.17, 15) is 18.0 Å². The van der Waals surface area contributed by atoms with Crippen molar-refractivity contribution in [3.8, 4) is 0 Å². The molecule has 0 aliphatic carbocycles. The van der Waals surface area contributed by atoms with Crippen LogP contribution >= 0.6 is 0 Å². The molecule has 0 saturated heterocycles. The molecule has 2 nitrogen and oxygen atoms in total. The van der Waals surface area contributed by atoms with Crippen LogP contribution in [0.15, 0.2) is 24.3 Å². The number of hydrogen-bond donors (Lipinski definition) is 0. The Morgan fingerprint density at radius 1 is 1.50 bits per heavy atom. The molecule has 0 spiro atoms. The van der Waals surface area contributed by atoms with E-state index < -0.39 is 18.8 Å². The summed E-state index contributed by atoms with van der Waals surface area (Å²) in [4.78, 5) is 10.9. The number of carbonyl (C=O) groups is 1. The minimum absolute atomic E-state index is 0.0525. The molecule has 1 radical (unpaired) electrons. The van der Waals surface area contributed by atoms with Gasteiger partial charge < -0.3 is 4.74 Å². The molecule has 0 aliphatic heterocycles. The SMILES string of the molecule is O=C(OCC(F)(F)F)c1c[c]ccc1. The molecule has 14 heavy (non-hydrogen) atoms. The Balaban J connectivity index is 2.52. The number of hydrogen-bond acceptors (Lipinski definition) is 2. The summed E-state index contributed by atoms with van der Waals surface area (Å²) in [6.45, 7) is -1.57. The fourth-order valence-corrected chi connectivity index (χ4v) is 0.751. The van der Waals surface area contributed by atoms with Crippen LogP contribution in [-0.2, 0) is 4.74 Å². The van der Waals surface area contributed by atoms with Gasteiger partial charge in [-0.05, 0) is 18.2 Å². The van der Waals surface area contributed by atoms with Crippen molar-refractivity contribution in [3.63, 3.8) is 0 Å². The van der Waals surface area contributed by atoms with Gasteiger partial charge in [0, 0.05) is 0 Å². The summed E-state index contributed by atoms with van der Waals surface area (Å²) in [6, 6.07) is 8.19. The highest BCUT2D eigenvalue weighted by atomic mass is 19.4. The minimum Gasteiger partial charge on any atom is -0.452 e. The molecule has 0 N–H and O–H groups in total. The zero-order chi connectivity index (χ0) is 10.6. The van der Waals surface area contributed by atoms with Gasteiger partial charge in [0.1, 0.15) is 0 Å². The van der Waals surface area contributed by atoms with Crippen molar-refractivity contribution in [1.82, 2.24) is 0 Å². The lowest BCUT2D eigenvalue weighted by Crippen LogP contribution is -2.20. The summed E-state index contributed by atoms with van der Waals surface area (Å²) >= 11 is 0. The third-order valence-corrected chi connectivity index (χ3v) is 1.31. The van der Waals surface area contributed by atoms with Crippen LogP contribution in [0.2, 0.25) is 0 Å². The summed E-state index contributed by atoms with van der Waals surface area (Å²) in [5.41, 5.74) is 0.0525. The molecule has 0 atom stereocenters. The number of benzene rings is 1. The van der Waals surface area contributed by atoms with E-state index in [0.717, 1.165) is 0 Å². The Morgan fingerprint density at radius 2 is 2.21 bits per heavy atom. The Bertz CT molecular complexity index is 306. The first-order chi connectivity index (χ1) is 6.49. The van der Waals surface area contributed by atoms with E-state index >= 15 is 0 Å². The topological polar surface area (TPSA) is 26.3 Å². The number of halogens is 3. The van der Waals surface area contributed by atoms with Gasteiger partial charge in [0.25, 0.3) is 0 Å². The van der Waals surface area contributed by atoms with Crippen LogP contribution in [0, 0.1) is 6.07 Å². The van der Waals surface area contributed by atoms with Crippen LogP contribution in [0.1, 0.15) is 10.4 Å². The van der Waals surface area contributed by atoms with Gasteiger partial charge in [0.15, 0.2) is 6.61 Å². The standard InChI is InChI=1S/C9H6F3O2/c10-9(11,12)6-14-8(13)7-4-2-1-3-5-7/h1-2,4-5H,6H2. The molecule has 75 valence electrons. The monoisotopic (exact) mass is 203 g/mol. The molecule has 0 fully saturated rings. The number of rotatable bonds is 2. The predicted octanol–water partition coefficient (Wildman–Crippen LogP) is 2.21. The smallest absolute Gasteiger partial charge is 0.422 e. The van der Waals surface area contributed by atoms with Crippen LogP contribution in [0.4, 0.5) is 13.2 Å². The van der Waals surface area contributed by atoms with Gasteiger partial charge >= 0.3 is 12.1 Å². The number of ether oxygens (including phenoxy) is 1. The summed E-state index contributed by atoms with van der Waals surface area (Å²) in [6.07, 6.45) is -4.49. The molecule has 0 aliphatic rings. The molecule has 1 rings (SSSR count). The first kappa shape index (κ1) is 10.6. The minimum atomic E-state index is -4.49. The van der Waals surface area contributed by atoms with Crippen LogP contribution in [0.5, 0.6) is 0 Å². The Kier molecular flexibility index (Phi) is 3.11. The van der Waals surface area contributed by atoms with E-state index in [2.05, 4.69) is 10.8 Å². The summed E-state index contributed by atoms with van der Waals surface area (Å²) in [5.74, 6) is -1.00.